The molecule has 0 aromatic heterocycles. The van der Waals surface area contributed by atoms with Crippen LogP contribution < -0.4 is 0 Å². The van der Waals surface area contributed by atoms with Crippen LogP contribution in [-0.2, 0) is 0 Å². The van der Waals surface area contributed by atoms with E-state index in [4.69, 9.17) is 0 Å². The van der Waals surface area contributed by atoms with Crippen LogP contribution in [0.15, 0.2) is 24.3 Å². The average molecular weight is 252 g/mol. The third-order valence-electron chi connectivity index (χ3n) is 4.39. The summed E-state index contributed by atoms with van der Waals surface area (Å²) >= 11 is 0. The summed E-state index contributed by atoms with van der Waals surface area (Å²) < 4.78 is 0. The highest BCUT2D eigenvalue weighted by Crippen LogP contribution is 2.53. The number of halogens is 1. The zero-order valence-electron chi connectivity index (χ0n) is 10.9. The van der Waals surface area contributed by atoms with Gasteiger partial charge in [0, 0.05) is 18.1 Å². The van der Waals surface area contributed by atoms with E-state index in [9.17, 15) is 0 Å². The van der Waals surface area contributed by atoms with Gasteiger partial charge in [-0.25, -0.2) is 0 Å². The molecule has 1 saturated heterocycles. The first kappa shape index (κ1) is 12.9. The van der Waals surface area contributed by atoms with Gasteiger partial charge < -0.3 is 0 Å². The summed E-state index contributed by atoms with van der Waals surface area (Å²) in [6.45, 7) is 7.09. The molecule has 2 heteroatoms. The summed E-state index contributed by atoms with van der Waals surface area (Å²) in [7, 11) is 0. The zero-order valence-corrected chi connectivity index (χ0v) is 11.7. The lowest BCUT2D eigenvalue weighted by atomic mass is 9.89. The lowest BCUT2D eigenvalue weighted by Gasteiger charge is -2.41. The Hall–Kier alpha value is -0.530. The second kappa shape index (κ2) is 4.62. The van der Waals surface area contributed by atoms with E-state index in [1.54, 1.807) is 11.1 Å². The lowest BCUT2D eigenvalue weighted by Crippen LogP contribution is -2.39. The van der Waals surface area contributed by atoms with Gasteiger partial charge in [-0.2, -0.15) is 0 Å². The number of benzene rings is 1. The Kier molecular flexibility index (Phi) is 3.51. The highest BCUT2D eigenvalue weighted by Gasteiger charge is 2.44. The third-order valence-corrected chi connectivity index (χ3v) is 4.39. The number of hydrogen-bond donors (Lipinski definition) is 0. The van der Waals surface area contributed by atoms with Gasteiger partial charge in [-0.1, -0.05) is 31.2 Å². The van der Waals surface area contributed by atoms with Crippen molar-refractivity contribution in [1.29, 1.82) is 0 Å². The van der Waals surface area contributed by atoms with E-state index in [0.29, 0.717) is 18.1 Å². The fraction of sp³-hybridized carbons (Fsp3) is 0.600. The second-order valence-corrected chi connectivity index (χ2v) is 5.69. The topological polar surface area (TPSA) is 3.24 Å². The van der Waals surface area contributed by atoms with Crippen LogP contribution in [-0.4, -0.2) is 10.9 Å². The van der Waals surface area contributed by atoms with Crippen LogP contribution in [0.5, 0.6) is 0 Å². The molecule has 3 rings (SSSR count). The minimum absolute atomic E-state index is 0. The quantitative estimate of drug-likeness (QED) is 0.718. The summed E-state index contributed by atoms with van der Waals surface area (Å²) in [5.41, 5.74) is 3.21. The van der Waals surface area contributed by atoms with Crippen LogP contribution in [0, 0.1) is 5.92 Å². The molecule has 1 fully saturated rings. The van der Waals surface area contributed by atoms with Crippen molar-refractivity contribution in [2.24, 2.45) is 5.92 Å². The van der Waals surface area contributed by atoms with Crippen molar-refractivity contribution >= 4 is 12.4 Å². The lowest BCUT2D eigenvalue weighted by molar-refractivity contribution is 0.0395. The van der Waals surface area contributed by atoms with Gasteiger partial charge in [-0.15, -0.1) is 12.4 Å². The van der Waals surface area contributed by atoms with Crippen LogP contribution in [0.1, 0.15) is 56.8 Å². The predicted molar refractivity (Wildman–Crippen MR) is 74.5 cm³/mol. The van der Waals surface area contributed by atoms with E-state index in [0.717, 1.165) is 5.92 Å². The van der Waals surface area contributed by atoms with Gasteiger partial charge in [0.05, 0.1) is 0 Å². The summed E-state index contributed by atoms with van der Waals surface area (Å²) in [6, 6.07) is 11.1. The molecule has 0 spiro atoms. The number of rotatable bonds is 1. The SMILES string of the molecule is CC(C)N1[C@H]2CC[C@@H](C)[C@@H]1c1ccccc12.Cl. The number of piperidine rings is 1. The Labute approximate surface area is 111 Å². The van der Waals surface area contributed by atoms with Crippen molar-refractivity contribution in [1.82, 2.24) is 4.90 Å². The van der Waals surface area contributed by atoms with Gasteiger partial charge in [0.15, 0.2) is 0 Å². The molecule has 2 aliphatic rings. The molecule has 0 unspecified atom stereocenters. The van der Waals surface area contributed by atoms with Gasteiger partial charge in [0.25, 0.3) is 0 Å². The van der Waals surface area contributed by atoms with E-state index in [1.165, 1.54) is 12.8 Å². The highest BCUT2D eigenvalue weighted by molar-refractivity contribution is 5.85. The molecule has 0 aliphatic carbocycles. The molecule has 0 amide bonds. The van der Waals surface area contributed by atoms with Crippen LogP contribution in [0.25, 0.3) is 0 Å². The second-order valence-electron chi connectivity index (χ2n) is 5.69. The number of fused-ring (bicyclic) bond motifs is 5. The summed E-state index contributed by atoms with van der Waals surface area (Å²) in [5.74, 6) is 0.808. The molecule has 1 nitrogen and oxygen atoms in total. The van der Waals surface area contributed by atoms with Gasteiger partial charge in [-0.05, 0) is 43.7 Å². The molecule has 2 bridgehead atoms. The first-order valence-corrected chi connectivity index (χ1v) is 6.56. The summed E-state index contributed by atoms with van der Waals surface area (Å²) in [5, 5.41) is 0. The molecule has 17 heavy (non-hydrogen) atoms. The Morgan fingerprint density at radius 1 is 1.12 bits per heavy atom. The van der Waals surface area contributed by atoms with Gasteiger partial charge >= 0.3 is 0 Å². The number of hydrogen-bond acceptors (Lipinski definition) is 1. The van der Waals surface area contributed by atoms with E-state index in [2.05, 4.69) is 49.9 Å². The predicted octanol–water partition coefficient (Wildman–Crippen LogP) is 4.34. The van der Waals surface area contributed by atoms with Crippen molar-refractivity contribution < 1.29 is 0 Å². The average Bonchev–Trinajstić information content (AvgIpc) is 2.54. The molecule has 0 radical (unpaired) electrons. The summed E-state index contributed by atoms with van der Waals surface area (Å²) in [6.07, 6.45) is 2.72. The zero-order chi connectivity index (χ0) is 11.3. The van der Waals surface area contributed by atoms with Crippen molar-refractivity contribution in [3.63, 3.8) is 0 Å². The minimum atomic E-state index is 0. The molecular formula is C15H22ClN. The first-order valence-electron chi connectivity index (χ1n) is 6.56. The van der Waals surface area contributed by atoms with Crippen molar-refractivity contribution in [2.75, 3.05) is 0 Å². The molecule has 94 valence electrons. The van der Waals surface area contributed by atoms with E-state index in [-0.39, 0.29) is 12.4 Å². The fourth-order valence-corrected chi connectivity index (χ4v) is 3.76. The molecule has 0 N–H and O–H groups in total. The smallest absolute Gasteiger partial charge is 0.0385 e. The molecule has 2 aliphatic heterocycles. The molecular weight excluding hydrogens is 230 g/mol. The normalized spacial score (nSPS) is 31.2. The van der Waals surface area contributed by atoms with Crippen LogP contribution in [0.4, 0.5) is 0 Å². The monoisotopic (exact) mass is 251 g/mol. The minimum Gasteiger partial charge on any atom is -0.287 e. The molecule has 3 atom stereocenters. The van der Waals surface area contributed by atoms with Gasteiger partial charge in [0.2, 0.25) is 0 Å². The molecule has 1 aromatic carbocycles. The third kappa shape index (κ3) is 1.80. The first-order chi connectivity index (χ1) is 7.70. The van der Waals surface area contributed by atoms with E-state index < -0.39 is 0 Å². The largest absolute Gasteiger partial charge is 0.287 e. The maximum atomic E-state index is 2.73. The van der Waals surface area contributed by atoms with Crippen molar-refractivity contribution in [3.05, 3.63) is 35.4 Å². The van der Waals surface area contributed by atoms with Gasteiger partial charge in [0.1, 0.15) is 0 Å². The maximum Gasteiger partial charge on any atom is 0.0385 e. The van der Waals surface area contributed by atoms with Crippen LogP contribution >= 0.6 is 12.4 Å². The maximum absolute atomic E-state index is 2.73. The standard InChI is InChI=1S/C15H21N.ClH/c1-10(2)16-14-9-8-11(3)15(16)13-7-5-4-6-12(13)14;/h4-7,10-11,14-15H,8-9H2,1-3H3;1H/t11-,14+,15-;/m1./s1. The Balaban J connectivity index is 0.00000108. The highest BCUT2D eigenvalue weighted by atomic mass is 35.5. The molecule has 0 saturated carbocycles. The van der Waals surface area contributed by atoms with Crippen LogP contribution in [0.2, 0.25) is 0 Å². The number of nitrogens with zero attached hydrogens (tertiary/aromatic N) is 1. The van der Waals surface area contributed by atoms with E-state index >= 15 is 0 Å². The van der Waals surface area contributed by atoms with Crippen molar-refractivity contribution in [2.45, 2.75) is 51.7 Å². The molecule has 2 heterocycles. The van der Waals surface area contributed by atoms with Crippen molar-refractivity contribution in [3.8, 4) is 0 Å². The van der Waals surface area contributed by atoms with Crippen LogP contribution in [0.3, 0.4) is 0 Å². The fourth-order valence-electron chi connectivity index (χ4n) is 3.76. The molecule has 1 aromatic rings. The Morgan fingerprint density at radius 2 is 1.76 bits per heavy atom. The Morgan fingerprint density at radius 3 is 2.41 bits per heavy atom. The Bertz CT molecular complexity index is 402. The van der Waals surface area contributed by atoms with Gasteiger partial charge in [-0.3, -0.25) is 4.90 Å². The van der Waals surface area contributed by atoms with E-state index in [1.807, 2.05) is 0 Å². The summed E-state index contributed by atoms with van der Waals surface area (Å²) in [4.78, 5) is 2.73.